The van der Waals surface area contributed by atoms with Crippen LogP contribution in [0.25, 0.3) is 0 Å². The van der Waals surface area contributed by atoms with Crippen LogP contribution in [0.4, 0.5) is 10.1 Å². The van der Waals surface area contributed by atoms with E-state index >= 15 is 0 Å². The zero-order chi connectivity index (χ0) is 10.7. The lowest BCUT2D eigenvalue weighted by Gasteiger charge is -2.27. The highest BCUT2D eigenvalue weighted by atomic mass is 19.1. The van der Waals surface area contributed by atoms with Crippen molar-refractivity contribution in [3.8, 4) is 5.75 Å². The van der Waals surface area contributed by atoms with E-state index in [2.05, 4.69) is 5.32 Å². The molecule has 0 spiro atoms. The number of hydrogen-bond acceptors (Lipinski definition) is 3. The normalized spacial score (nSPS) is 18.9. The van der Waals surface area contributed by atoms with Crippen LogP contribution in [-0.2, 0) is 0 Å². The molecule has 3 nitrogen and oxygen atoms in total. The predicted molar refractivity (Wildman–Crippen MR) is 55.6 cm³/mol. The summed E-state index contributed by atoms with van der Waals surface area (Å²) in [5.41, 5.74) is 0.437. The van der Waals surface area contributed by atoms with Crippen LogP contribution in [0.1, 0.15) is 12.8 Å². The minimum absolute atomic E-state index is 0.0848. The number of aliphatic hydroxyl groups excluding tert-OH is 1. The summed E-state index contributed by atoms with van der Waals surface area (Å²) in [5.74, 6) is 0.274. The molecule has 1 aliphatic heterocycles. The van der Waals surface area contributed by atoms with E-state index in [0.717, 1.165) is 6.42 Å². The van der Waals surface area contributed by atoms with Crippen LogP contribution in [0.2, 0.25) is 0 Å². The van der Waals surface area contributed by atoms with E-state index in [1.165, 1.54) is 6.07 Å². The van der Waals surface area contributed by atoms with Crippen LogP contribution in [0.5, 0.6) is 5.75 Å². The average Bonchev–Trinajstić information content (AvgIpc) is 2.27. The van der Waals surface area contributed by atoms with Crippen molar-refractivity contribution in [3.63, 3.8) is 0 Å². The van der Waals surface area contributed by atoms with Gasteiger partial charge in [0.1, 0.15) is 23.9 Å². The summed E-state index contributed by atoms with van der Waals surface area (Å²) >= 11 is 0. The van der Waals surface area contributed by atoms with E-state index in [0.29, 0.717) is 24.5 Å². The summed E-state index contributed by atoms with van der Waals surface area (Å²) in [7, 11) is 0. The quantitative estimate of drug-likeness (QED) is 0.800. The fourth-order valence-electron chi connectivity index (χ4n) is 1.69. The van der Waals surface area contributed by atoms with Crippen molar-refractivity contribution in [1.82, 2.24) is 0 Å². The summed E-state index contributed by atoms with van der Waals surface area (Å²) in [5, 5.41) is 11.8. The standard InChI is InChI=1S/C11H14FNO2/c12-9-4-1-5-10-11(9)13-8(7-15-10)3-2-6-14/h1,4-5,8,13-14H,2-3,6-7H2. The van der Waals surface area contributed by atoms with Gasteiger partial charge in [0.05, 0.1) is 6.04 Å². The Morgan fingerprint density at radius 2 is 2.40 bits per heavy atom. The zero-order valence-corrected chi connectivity index (χ0v) is 8.37. The highest BCUT2D eigenvalue weighted by Crippen LogP contribution is 2.31. The highest BCUT2D eigenvalue weighted by Gasteiger charge is 2.20. The van der Waals surface area contributed by atoms with Gasteiger partial charge in [0, 0.05) is 6.61 Å². The van der Waals surface area contributed by atoms with E-state index in [1.54, 1.807) is 12.1 Å². The van der Waals surface area contributed by atoms with Crippen molar-refractivity contribution >= 4 is 5.69 Å². The average molecular weight is 211 g/mol. The first-order valence-electron chi connectivity index (χ1n) is 5.10. The molecule has 0 aromatic heterocycles. The predicted octanol–water partition coefficient (Wildman–Crippen LogP) is 1.77. The maximum absolute atomic E-state index is 13.4. The van der Waals surface area contributed by atoms with Gasteiger partial charge >= 0.3 is 0 Å². The maximum atomic E-state index is 13.4. The Morgan fingerprint density at radius 3 is 3.20 bits per heavy atom. The molecule has 0 aliphatic carbocycles. The van der Waals surface area contributed by atoms with Crippen molar-refractivity contribution in [2.75, 3.05) is 18.5 Å². The Kier molecular flexibility index (Phi) is 3.06. The van der Waals surface area contributed by atoms with Gasteiger partial charge < -0.3 is 15.2 Å². The summed E-state index contributed by atoms with van der Waals surface area (Å²) in [6.45, 7) is 0.679. The summed E-state index contributed by atoms with van der Waals surface area (Å²) in [6.07, 6.45) is 1.48. The molecule has 2 N–H and O–H groups in total. The second-order valence-corrected chi connectivity index (χ2v) is 3.63. The smallest absolute Gasteiger partial charge is 0.150 e. The van der Waals surface area contributed by atoms with Crippen LogP contribution in [0.3, 0.4) is 0 Å². The first-order valence-corrected chi connectivity index (χ1v) is 5.10. The number of hydrogen-bond donors (Lipinski definition) is 2. The van der Waals surface area contributed by atoms with E-state index in [1.807, 2.05) is 0 Å². The van der Waals surface area contributed by atoms with Gasteiger partial charge in [-0.05, 0) is 25.0 Å². The van der Waals surface area contributed by atoms with Gasteiger partial charge in [0.15, 0.2) is 0 Å². The Balaban J connectivity index is 2.08. The van der Waals surface area contributed by atoms with Crippen molar-refractivity contribution in [2.24, 2.45) is 0 Å². The topological polar surface area (TPSA) is 41.5 Å². The third kappa shape index (κ3) is 2.21. The van der Waals surface area contributed by atoms with Crippen LogP contribution in [0.15, 0.2) is 18.2 Å². The van der Waals surface area contributed by atoms with Gasteiger partial charge in [0.2, 0.25) is 0 Å². The van der Waals surface area contributed by atoms with Gasteiger partial charge in [-0.2, -0.15) is 0 Å². The number of rotatable bonds is 3. The summed E-state index contributed by atoms with van der Waals surface area (Å²) in [4.78, 5) is 0. The molecule has 4 heteroatoms. The minimum Gasteiger partial charge on any atom is -0.489 e. The molecule has 0 radical (unpaired) electrons. The lowest BCUT2D eigenvalue weighted by Crippen LogP contribution is -2.32. The molecule has 1 aromatic carbocycles. The number of fused-ring (bicyclic) bond motifs is 1. The van der Waals surface area contributed by atoms with Gasteiger partial charge in [-0.25, -0.2) is 4.39 Å². The van der Waals surface area contributed by atoms with Crippen molar-refractivity contribution in [2.45, 2.75) is 18.9 Å². The number of nitrogens with one attached hydrogen (secondary N) is 1. The molecule has 1 aromatic rings. The van der Waals surface area contributed by atoms with Crippen molar-refractivity contribution < 1.29 is 14.2 Å². The van der Waals surface area contributed by atoms with Crippen LogP contribution in [0, 0.1) is 5.82 Å². The van der Waals surface area contributed by atoms with Crippen molar-refractivity contribution in [1.29, 1.82) is 0 Å². The van der Waals surface area contributed by atoms with E-state index in [4.69, 9.17) is 9.84 Å². The van der Waals surface area contributed by atoms with Gasteiger partial charge in [-0.15, -0.1) is 0 Å². The first-order chi connectivity index (χ1) is 7.31. The van der Waals surface area contributed by atoms with Gasteiger partial charge in [0.25, 0.3) is 0 Å². The SMILES string of the molecule is OCCCC1COc2cccc(F)c2N1. The summed E-state index contributed by atoms with van der Waals surface area (Å²) in [6, 6.07) is 4.86. The van der Waals surface area contributed by atoms with Crippen molar-refractivity contribution in [3.05, 3.63) is 24.0 Å². The molecule has 0 bridgehead atoms. The molecule has 2 rings (SSSR count). The molecular formula is C11H14FNO2. The number of aliphatic hydroxyl groups is 1. The van der Waals surface area contributed by atoms with Gasteiger partial charge in [-0.3, -0.25) is 0 Å². The molecule has 1 unspecified atom stereocenters. The Labute approximate surface area is 87.9 Å². The number of halogens is 1. The second kappa shape index (κ2) is 4.49. The Bertz CT molecular complexity index is 343. The summed E-state index contributed by atoms with van der Waals surface area (Å²) < 4.78 is 18.8. The van der Waals surface area contributed by atoms with Gasteiger partial charge in [-0.1, -0.05) is 6.07 Å². The van der Waals surface area contributed by atoms with E-state index in [-0.39, 0.29) is 18.5 Å². The van der Waals surface area contributed by atoms with E-state index < -0.39 is 0 Å². The number of anilines is 1. The minimum atomic E-state index is -0.291. The fourth-order valence-corrected chi connectivity index (χ4v) is 1.69. The monoisotopic (exact) mass is 211 g/mol. The Hall–Kier alpha value is -1.29. The number of benzene rings is 1. The third-order valence-corrected chi connectivity index (χ3v) is 2.47. The third-order valence-electron chi connectivity index (χ3n) is 2.47. The van der Waals surface area contributed by atoms with Crippen LogP contribution in [-0.4, -0.2) is 24.4 Å². The van der Waals surface area contributed by atoms with Crippen LogP contribution < -0.4 is 10.1 Å². The second-order valence-electron chi connectivity index (χ2n) is 3.63. The highest BCUT2D eigenvalue weighted by molar-refractivity contribution is 5.59. The molecule has 1 atom stereocenters. The molecule has 0 amide bonds. The van der Waals surface area contributed by atoms with Crippen LogP contribution >= 0.6 is 0 Å². The largest absolute Gasteiger partial charge is 0.489 e. The molecular weight excluding hydrogens is 197 g/mol. The lowest BCUT2D eigenvalue weighted by atomic mass is 10.1. The lowest BCUT2D eigenvalue weighted by molar-refractivity contribution is 0.248. The fraction of sp³-hybridized carbons (Fsp3) is 0.455. The number of ether oxygens (including phenoxy) is 1. The Morgan fingerprint density at radius 1 is 1.53 bits per heavy atom. The molecule has 82 valence electrons. The number of para-hydroxylation sites is 1. The molecule has 1 heterocycles. The first kappa shape index (κ1) is 10.2. The zero-order valence-electron chi connectivity index (χ0n) is 8.37. The molecule has 1 aliphatic rings. The molecule has 15 heavy (non-hydrogen) atoms. The molecule has 0 fully saturated rings. The molecule has 0 saturated heterocycles. The maximum Gasteiger partial charge on any atom is 0.150 e. The molecule has 0 saturated carbocycles. The van der Waals surface area contributed by atoms with E-state index in [9.17, 15) is 4.39 Å².